The molecule has 0 fully saturated rings. The Kier molecular flexibility index (Phi) is 8.56. The van der Waals surface area contributed by atoms with Crippen LogP contribution in [0.3, 0.4) is 0 Å². The van der Waals surface area contributed by atoms with Crippen molar-refractivity contribution in [2.45, 2.75) is 66.6 Å². The first-order valence-corrected chi connectivity index (χ1v) is 7.53. The molecule has 2 nitrogen and oxygen atoms in total. The predicted octanol–water partition coefficient (Wildman–Crippen LogP) is 2.28. The molecular weight excluding hydrogens is 271 g/mol. The van der Waals surface area contributed by atoms with Crippen molar-refractivity contribution >= 4 is 0 Å². The first kappa shape index (κ1) is 21.0. The van der Waals surface area contributed by atoms with Gasteiger partial charge in [-0.2, -0.15) is 0 Å². The van der Waals surface area contributed by atoms with E-state index in [9.17, 15) is 0 Å². The number of hydrogen-bond acceptors (Lipinski definition) is 2. The summed E-state index contributed by atoms with van der Waals surface area (Å²) in [5.74, 6) is 0.933. The van der Waals surface area contributed by atoms with E-state index in [1.807, 2.05) is 26.0 Å². The van der Waals surface area contributed by atoms with E-state index in [-0.39, 0.29) is 48.1 Å². The Balaban J connectivity index is 0. The summed E-state index contributed by atoms with van der Waals surface area (Å²) in [4.78, 5) is 0. The van der Waals surface area contributed by atoms with E-state index in [1.165, 1.54) is 5.56 Å². The Morgan fingerprint density at radius 2 is 1.67 bits per heavy atom. The van der Waals surface area contributed by atoms with Crippen LogP contribution in [0.2, 0.25) is 0 Å². The zero-order chi connectivity index (χ0) is 15.4. The molecule has 0 aromatic heterocycles. The van der Waals surface area contributed by atoms with Gasteiger partial charge in [-0.25, -0.2) is 0 Å². The Bertz CT molecular complexity index is 427. The summed E-state index contributed by atoms with van der Waals surface area (Å²) >= 11 is 0. The molecule has 0 spiro atoms. The Morgan fingerprint density at radius 1 is 1.10 bits per heavy atom. The second-order valence-electron chi connectivity index (χ2n) is 7.26. The quantitative estimate of drug-likeness (QED) is 0.593. The summed E-state index contributed by atoms with van der Waals surface area (Å²) in [6.07, 6.45) is 0.884. The van der Waals surface area contributed by atoms with Crippen molar-refractivity contribution in [1.82, 2.24) is 0 Å². The summed E-state index contributed by atoms with van der Waals surface area (Å²) in [5, 5.41) is 0. The molecule has 116 valence electrons. The molecule has 0 N–H and O–H groups in total. The van der Waals surface area contributed by atoms with Gasteiger partial charge in [-0.1, -0.05) is 52.8 Å². The van der Waals surface area contributed by atoms with E-state index < -0.39 is 0 Å². The zero-order valence-corrected chi connectivity index (χ0v) is 17.1. The first-order valence-electron chi connectivity index (χ1n) is 7.53. The third kappa shape index (κ3) is 7.19. The molecule has 0 saturated carbocycles. The smallest absolute Gasteiger partial charge is 1.00 e. The van der Waals surface area contributed by atoms with E-state index in [1.54, 1.807) is 0 Å². The maximum absolute atomic E-state index is 5.96. The number of ether oxygens (including phenoxy) is 2. The van der Waals surface area contributed by atoms with Crippen molar-refractivity contribution in [3.05, 3.63) is 29.8 Å². The van der Waals surface area contributed by atoms with Crippen molar-refractivity contribution in [2.24, 2.45) is 5.41 Å². The van der Waals surface area contributed by atoms with Crippen molar-refractivity contribution in [3.63, 3.8) is 0 Å². The predicted molar refractivity (Wildman–Crippen MR) is 86.4 cm³/mol. The van der Waals surface area contributed by atoms with Gasteiger partial charge in [0.05, 0.1) is 0 Å². The average Bonchev–Trinajstić information content (AvgIpc) is 2.26. The first-order chi connectivity index (χ1) is 9.15. The summed E-state index contributed by atoms with van der Waals surface area (Å²) in [6.45, 7) is 16.0. The fourth-order valence-electron chi connectivity index (χ4n) is 3.00. The van der Waals surface area contributed by atoms with Crippen LogP contribution in [0.5, 0.6) is 5.75 Å². The van der Waals surface area contributed by atoms with Gasteiger partial charge in [0, 0.05) is 6.61 Å². The number of hydrogen-bond donors (Lipinski definition) is 0. The molecule has 1 atom stereocenters. The van der Waals surface area contributed by atoms with E-state index in [4.69, 9.17) is 9.47 Å². The van der Waals surface area contributed by atoms with Crippen LogP contribution in [-0.4, -0.2) is 12.9 Å². The molecule has 0 amide bonds. The molecule has 0 aliphatic rings. The standard InChI is InChI=1S/C18H30O2.Na.H/c1-8-19-14(2)20-16-12-10-9-11-15(16)18(6,7)13-17(3,4)5;;/h9-12,14H,8,13H2,1-7H3;;/q;+1;-1. The van der Waals surface area contributed by atoms with Gasteiger partial charge >= 0.3 is 29.6 Å². The van der Waals surface area contributed by atoms with Crippen LogP contribution in [0.4, 0.5) is 0 Å². The largest absolute Gasteiger partial charge is 1.00 e. The maximum atomic E-state index is 5.96. The molecule has 0 saturated heterocycles. The van der Waals surface area contributed by atoms with Crippen molar-refractivity contribution < 1.29 is 40.5 Å². The van der Waals surface area contributed by atoms with Crippen LogP contribution in [0.15, 0.2) is 24.3 Å². The fourth-order valence-corrected chi connectivity index (χ4v) is 3.00. The molecule has 1 rings (SSSR count). The van der Waals surface area contributed by atoms with Gasteiger partial charge in [0.2, 0.25) is 0 Å². The Hall–Kier alpha value is -0.0200. The molecule has 0 bridgehead atoms. The Labute approximate surface area is 154 Å². The topological polar surface area (TPSA) is 18.5 Å². The van der Waals surface area contributed by atoms with E-state index in [2.05, 4.69) is 46.8 Å². The van der Waals surface area contributed by atoms with E-state index in [0.29, 0.717) is 6.61 Å². The molecule has 0 aliphatic carbocycles. The SMILES string of the molecule is CCOC(C)Oc1ccccc1C(C)(C)CC(C)(C)C.[H-].[Na+]. The second kappa shape index (κ2) is 8.57. The van der Waals surface area contributed by atoms with Crippen LogP contribution < -0.4 is 34.3 Å². The monoisotopic (exact) mass is 302 g/mol. The summed E-state index contributed by atoms with van der Waals surface area (Å²) in [7, 11) is 0. The Morgan fingerprint density at radius 3 is 2.19 bits per heavy atom. The minimum atomic E-state index is -0.216. The second-order valence-corrected chi connectivity index (χ2v) is 7.26. The van der Waals surface area contributed by atoms with Gasteiger partial charge in [0.15, 0.2) is 6.29 Å². The zero-order valence-electron chi connectivity index (χ0n) is 16.1. The third-order valence-electron chi connectivity index (χ3n) is 3.28. The normalized spacial score (nSPS) is 13.5. The minimum Gasteiger partial charge on any atom is -1.00 e. The molecular formula is C18H31NaO2. The summed E-state index contributed by atoms with van der Waals surface area (Å²) in [5.41, 5.74) is 1.60. The van der Waals surface area contributed by atoms with Gasteiger partial charge < -0.3 is 10.9 Å². The minimum absolute atomic E-state index is 0. The van der Waals surface area contributed by atoms with Crippen LogP contribution >= 0.6 is 0 Å². The number of para-hydroxylation sites is 1. The third-order valence-corrected chi connectivity index (χ3v) is 3.28. The maximum Gasteiger partial charge on any atom is 1.00 e. The number of benzene rings is 1. The van der Waals surface area contributed by atoms with Crippen molar-refractivity contribution in [3.8, 4) is 5.75 Å². The van der Waals surface area contributed by atoms with Crippen LogP contribution in [0.1, 0.15) is 61.9 Å². The fraction of sp³-hybridized carbons (Fsp3) is 0.667. The number of rotatable bonds is 6. The molecule has 0 aliphatic heterocycles. The molecule has 0 heterocycles. The molecule has 1 aromatic rings. The molecule has 0 radical (unpaired) electrons. The van der Waals surface area contributed by atoms with Gasteiger partial charge in [-0.05, 0) is 42.7 Å². The average molecular weight is 302 g/mol. The van der Waals surface area contributed by atoms with E-state index >= 15 is 0 Å². The van der Waals surface area contributed by atoms with E-state index in [0.717, 1.165) is 12.2 Å². The molecule has 3 heteroatoms. The van der Waals surface area contributed by atoms with Crippen LogP contribution in [0, 0.1) is 5.41 Å². The van der Waals surface area contributed by atoms with Gasteiger partial charge in [-0.15, -0.1) is 0 Å². The van der Waals surface area contributed by atoms with Crippen LogP contribution in [-0.2, 0) is 10.2 Å². The van der Waals surface area contributed by atoms with Crippen LogP contribution in [0.25, 0.3) is 0 Å². The van der Waals surface area contributed by atoms with Gasteiger partial charge in [0.1, 0.15) is 5.75 Å². The summed E-state index contributed by atoms with van der Waals surface area (Å²) in [6, 6.07) is 8.30. The molecule has 1 aromatic carbocycles. The van der Waals surface area contributed by atoms with Gasteiger partial charge in [0.25, 0.3) is 0 Å². The summed E-state index contributed by atoms with van der Waals surface area (Å²) < 4.78 is 11.5. The van der Waals surface area contributed by atoms with Gasteiger partial charge in [-0.3, -0.25) is 0 Å². The molecule has 21 heavy (non-hydrogen) atoms. The molecule has 1 unspecified atom stereocenters. The van der Waals surface area contributed by atoms with Crippen molar-refractivity contribution in [2.75, 3.05) is 6.61 Å². The van der Waals surface area contributed by atoms with Crippen molar-refractivity contribution in [1.29, 1.82) is 0 Å².